The van der Waals surface area contributed by atoms with Crippen LogP contribution in [0, 0.1) is 5.82 Å². The molecule has 0 radical (unpaired) electrons. The Labute approximate surface area is 128 Å². The van der Waals surface area contributed by atoms with Crippen LogP contribution < -0.4 is 10.6 Å². The van der Waals surface area contributed by atoms with Gasteiger partial charge in [-0.25, -0.2) is 4.39 Å². The molecule has 0 bridgehead atoms. The number of hydrogen-bond donors (Lipinski definition) is 2. The molecule has 0 heterocycles. The first-order chi connectivity index (χ1) is 9.95. The zero-order valence-corrected chi connectivity index (χ0v) is 12.5. The maximum absolute atomic E-state index is 13.5. The lowest BCUT2D eigenvalue weighted by molar-refractivity contribution is -0.114. The largest absolute Gasteiger partial charge is 0.378 e. The average molecular weight is 307 g/mol. The number of carbonyl (C=O) groups is 1. The highest BCUT2D eigenvalue weighted by molar-refractivity contribution is 6.30. The van der Waals surface area contributed by atoms with Crippen LogP contribution in [0.4, 0.5) is 15.8 Å². The normalized spacial score (nSPS) is 11.8. The van der Waals surface area contributed by atoms with Gasteiger partial charge in [-0.2, -0.15) is 0 Å². The van der Waals surface area contributed by atoms with E-state index >= 15 is 0 Å². The second-order valence-corrected chi connectivity index (χ2v) is 5.21. The van der Waals surface area contributed by atoms with Crippen molar-refractivity contribution in [2.75, 3.05) is 10.6 Å². The lowest BCUT2D eigenvalue weighted by atomic mass is 10.1. The molecular formula is C16H16ClFN2O. The Morgan fingerprint density at radius 1 is 1.19 bits per heavy atom. The Kier molecular flexibility index (Phi) is 4.81. The Balaban J connectivity index is 2.13. The zero-order valence-electron chi connectivity index (χ0n) is 11.8. The van der Waals surface area contributed by atoms with Crippen molar-refractivity contribution in [3.63, 3.8) is 0 Å². The summed E-state index contributed by atoms with van der Waals surface area (Å²) in [6.07, 6.45) is 0. The lowest BCUT2D eigenvalue weighted by Crippen LogP contribution is -2.09. The molecule has 2 N–H and O–H groups in total. The van der Waals surface area contributed by atoms with Crippen LogP contribution in [-0.4, -0.2) is 5.91 Å². The third kappa shape index (κ3) is 4.20. The Bertz CT molecular complexity index is 660. The number of halogens is 2. The van der Waals surface area contributed by atoms with Crippen LogP contribution in [0.5, 0.6) is 0 Å². The van der Waals surface area contributed by atoms with Crippen molar-refractivity contribution in [1.82, 2.24) is 0 Å². The summed E-state index contributed by atoms with van der Waals surface area (Å²) >= 11 is 5.68. The second-order valence-electron chi connectivity index (χ2n) is 4.80. The molecule has 1 unspecified atom stereocenters. The van der Waals surface area contributed by atoms with E-state index in [1.807, 2.05) is 25.1 Å². The molecule has 0 aromatic heterocycles. The first-order valence-electron chi connectivity index (χ1n) is 6.55. The molecule has 2 aromatic rings. The van der Waals surface area contributed by atoms with Crippen molar-refractivity contribution in [2.45, 2.75) is 19.9 Å². The number of amides is 1. The molecule has 3 nitrogen and oxygen atoms in total. The van der Waals surface area contributed by atoms with Crippen molar-refractivity contribution in [2.24, 2.45) is 0 Å². The molecule has 0 aliphatic heterocycles. The molecule has 110 valence electrons. The molecular weight excluding hydrogens is 291 g/mol. The summed E-state index contributed by atoms with van der Waals surface area (Å²) in [5.41, 5.74) is 2.34. The monoisotopic (exact) mass is 306 g/mol. The van der Waals surface area contributed by atoms with Gasteiger partial charge in [0, 0.05) is 24.3 Å². The quantitative estimate of drug-likeness (QED) is 0.866. The fourth-order valence-corrected chi connectivity index (χ4v) is 2.12. The molecule has 0 aliphatic rings. The summed E-state index contributed by atoms with van der Waals surface area (Å²) < 4.78 is 13.5. The topological polar surface area (TPSA) is 41.1 Å². The van der Waals surface area contributed by atoms with Crippen LogP contribution in [0.3, 0.4) is 0 Å². The van der Waals surface area contributed by atoms with Gasteiger partial charge in [0.05, 0.1) is 5.02 Å². The van der Waals surface area contributed by atoms with Crippen LogP contribution in [0.25, 0.3) is 0 Å². The number of anilines is 2. The maximum Gasteiger partial charge on any atom is 0.221 e. The van der Waals surface area contributed by atoms with E-state index in [2.05, 4.69) is 10.6 Å². The molecule has 1 amide bonds. The highest BCUT2D eigenvalue weighted by Gasteiger charge is 2.09. The first kappa shape index (κ1) is 15.3. The summed E-state index contributed by atoms with van der Waals surface area (Å²) in [6.45, 7) is 3.38. The number of nitrogens with one attached hydrogen (secondary N) is 2. The van der Waals surface area contributed by atoms with Crippen molar-refractivity contribution >= 4 is 28.9 Å². The summed E-state index contributed by atoms with van der Waals surface area (Å²) in [5, 5.41) is 6.09. The molecule has 2 aromatic carbocycles. The minimum atomic E-state index is -0.435. The maximum atomic E-state index is 13.5. The van der Waals surface area contributed by atoms with E-state index in [1.165, 1.54) is 19.1 Å². The van der Waals surface area contributed by atoms with E-state index in [0.717, 1.165) is 11.3 Å². The van der Waals surface area contributed by atoms with Gasteiger partial charge in [0.2, 0.25) is 5.91 Å². The van der Waals surface area contributed by atoms with E-state index in [1.54, 1.807) is 12.1 Å². The van der Waals surface area contributed by atoms with Gasteiger partial charge in [-0.15, -0.1) is 0 Å². The minimum Gasteiger partial charge on any atom is -0.378 e. The summed E-state index contributed by atoms with van der Waals surface area (Å²) in [6, 6.07) is 12.0. The van der Waals surface area contributed by atoms with Crippen molar-refractivity contribution in [3.8, 4) is 0 Å². The Hall–Kier alpha value is -2.07. The molecule has 21 heavy (non-hydrogen) atoms. The molecule has 0 saturated heterocycles. The van der Waals surface area contributed by atoms with Crippen LogP contribution in [0.15, 0.2) is 42.5 Å². The fourth-order valence-electron chi connectivity index (χ4n) is 2.01. The lowest BCUT2D eigenvalue weighted by Gasteiger charge is -2.17. The highest BCUT2D eigenvalue weighted by atomic mass is 35.5. The molecule has 1 atom stereocenters. The first-order valence-corrected chi connectivity index (χ1v) is 6.92. The summed E-state index contributed by atoms with van der Waals surface area (Å²) in [7, 11) is 0. The second kappa shape index (κ2) is 6.59. The van der Waals surface area contributed by atoms with Crippen molar-refractivity contribution in [1.29, 1.82) is 0 Å². The van der Waals surface area contributed by atoms with Crippen LogP contribution in [0.1, 0.15) is 25.5 Å². The minimum absolute atomic E-state index is 0.0932. The van der Waals surface area contributed by atoms with Gasteiger partial charge < -0.3 is 10.6 Å². The Morgan fingerprint density at radius 3 is 2.57 bits per heavy atom. The number of hydrogen-bond acceptors (Lipinski definition) is 2. The Morgan fingerprint density at radius 2 is 1.90 bits per heavy atom. The van der Waals surface area contributed by atoms with Gasteiger partial charge >= 0.3 is 0 Å². The van der Waals surface area contributed by atoms with Crippen LogP contribution >= 0.6 is 11.6 Å². The summed E-state index contributed by atoms with van der Waals surface area (Å²) in [4.78, 5) is 11.1. The van der Waals surface area contributed by atoms with E-state index < -0.39 is 5.82 Å². The molecule has 2 rings (SSSR count). The zero-order chi connectivity index (χ0) is 15.4. The van der Waals surface area contributed by atoms with Crippen molar-refractivity contribution < 1.29 is 9.18 Å². The third-order valence-corrected chi connectivity index (χ3v) is 3.32. The van der Waals surface area contributed by atoms with Gasteiger partial charge in [0.25, 0.3) is 0 Å². The number of carbonyl (C=O) groups excluding carboxylic acids is 1. The average Bonchev–Trinajstić information content (AvgIpc) is 2.41. The number of rotatable bonds is 4. The third-order valence-electron chi connectivity index (χ3n) is 3.01. The molecule has 0 saturated carbocycles. The SMILES string of the molecule is CC(=O)Nc1cccc(NC(C)c2ccc(Cl)c(F)c2)c1. The van der Waals surface area contributed by atoms with Crippen LogP contribution in [-0.2, 0) is 4.79 Å². The van der Waals surface area contributed by atoms with Crippen molar-refractivity contribution in [3.05, 3.63) is 58.9 Å². The fraction of sp³-hybridized carbons (Fsp3) is 0.188. The van der Waals surface area contributed by atoms with E-state index in [9.17, 15) is 9.18 Å². The van der Waals surface area contributed by atoms with Gasteiger partial charge in [-0.3, -0.25) is 4.79 Å². The van der Waals surface area contributed by atoms with E-state index in [-0.39, 0.29) is 17.0 Å². The van der Waals surface area contributed by atoms with Gasteiger partial charge in [0.1, 0.15) is 5.82 Å². The summed E-state index contributed by atoms with van der Waals surface area (Å²) in [5.74, 6) is -0.560. The highest BCUT2D eigenvalue weighted by Crippen LogP contribution is 2.24. The molecule has 0 spiro atoms. The molecule has 5 heteroatoms. The molecule has 0 aliphatic carbocycles. The standard InChI is InChI=1S/C16H16ClFN2O/c1-10(12-6-7-15(17)16(18)8-12)19-13-4-3-5-14(9-13)20-11(2)21/h3-10,19H,1-2H3,(H,20,21). The predicted octanol–water partition coefficient (Wildman–Crippen LogP) is 4.61. The van der Waals surface area contributed by atoms with Gasteiger partial charge in [-0.1, -0.05) is 23.7 Å². The van der Waals surface area contributed by atoms with Gasteiger partial charge in [-0.05, 0) is 42.8 Å². The predicted molar refractivity (Wildman–Crippen MR) is 84.2 cm³/mol. The van der Waals surface area contributed by atoms with E-state index in [0.29, 0.717) is 5.69 Å². The van der Waals surface area contributed by atoms with E-state index in [4.69, 9.17) is 11.6 Å². The molecule has 0 fully saturated rings. The van der Waals surface area contributed by atoms with Gasteiger partial charge in [0.15, 0.2) is 0 Å². The number of benzene rings is 2. The smallest absolute Gasteiger partial charge is 0.221 e. The van der Waals surface area contributed by atoms with Crippen LogP contribution in [0.2, 0.25) is 5.02 Å².